The predicted octanol–water partition coefficient (Wildman–Crippen LogP) is 3.47. The summed E-state index contributed by atoms with van der Waals surface area (Å²) in [4.78, 5) is 12.1. The third kappa shape index (κ3) is 2.55. The molecule has 4 nitrogen and oxygen atoms in total. The van der Waals surface area contributed by atoms with Crippen LogP contribution in [0.1, 0.15) is 24.2 Å². The zero-order chi connectivity index (χ0) is 14.1. The summed E-state index contributed by atoms with van der Waals surface area (Å²) in [7, 11) is 0. The minimum Gasteiger partial charge on any atom is -0.389 e. The van der Waals surface area contributed by atoms with Crippen LogP contribution >= 0.6 is 11.8 Å². The summed E-state index contributed by atoms with van der Waals surface area (Å²) in [5.41, 5.74) is 3.96. The maximum atomic E-state index is 9.77. The van der Waals surface area contributed by atoms with Crippen LogP contribution in [0.2, 0.25) is 0 Å². The van der Waals surface area contributed by atoms with Gasteiger partial charge in [-0.15, -0.1) is 0 Å². The van der Waals surface area contributed by atoms with Crippen molar-refractivity contribution in [1.29, 1.82) is 0 Å². The van der Waals surface area contributed by atoms with Crippen LogP contribution in [0.25, 0.3) is 11.0 Å². The number of aromatic amines is 1. The number of aryl methyl sites for hydroxylation is 1. The van der Waals surface area contributed by atoms with Crippen molar-refractivity contribution in [3.63, 3.8) is 0 Å². The molecule has 2 heterocycles. The molecular formula is C15H15N3OS. The summed E-state index contributed by atoms with van der Waals surface area (Å²) in [5, 5.41) is 11.3. The van der Waals surface area contributed by atoms with Crippen LogP contribution in [0.4, 0.5) is 0 Å². The van der Waals surface area contributed by atoms with E-state index in [0.29, 0.717) is 0 Å². The van der Waals surface area contributed by atoms with Crippen molar-refractivity contribution in [2.75, 3.05) is 0 Å². The first-order valence-corrected chi connectivity index (χ1v) is 7.22. The van der Waals surface area contributed by atoms with Gasteiger partial charge in [0.25, 0.3) is 0 Å². The number of imidazole rings is 1. The van der Waals surface area contributed by atoms with E-state index in [1.165, 1.54) is 17.3 Å². The Morgan fingerprint density at radius 2 is 2.15 bits per heavy atom. The molecule has 20 heavy (non-hydrogen) atoms. The van der Waals surface area contributed by atoms with Crippen LogP contribution in [0.15, 0.2) is 46.7 Å². The highest BCUT2D eigenvalue weighted by atomic mass is 32.2. The van der Waals surface area contributed by atoms with E-state index in [1.54, 1.807) is 13.1 Å². The molecule has 0 amide bonds. The van der Waals surface area contributed by atoms with Gasteiger partial charge in [0.05, 0.1) is 17.1 Å². The highest BCUT2D eigenvalue weighted by molar-refractivity contribution is 7.99. The first kappa shape index (κ1) is 13.1. The molecule has 1 aromatic carbocycles. The number of nitrogens with one attached hydrogen (secondary N) is 1. The molecule has 0 spiro atoms. The number of pyridine rings is 1. The Morgan fingerprint density at radius 3 is 2.95 bits per heavy atom. The molecule has 0 saturated heterocycles. The van der Waals surface area contributed by atoms with Gasteiger partial charge in [-0.3, -0.25) is 0 Å². The lowest BCUT2D eigenvalue weighted by molar-refractivity contribution is 0.195. The lowest BCUT2D eigenvalue weighted by Crippen LogP contribution is -1.96. The summed E-state index contributed by atoms with van der Waals surface area (Å²) in [5.74, 6) is 0. The maximum Gasteiger partial charge on any atom is 0.172 e. The number of aromatic nitrogens is 3. The molecule has 2 N–H and O–H groups in total. The van der Waals surface area contributed by atoms with Crippen LogP contribution in [-0.2, 0) is 0 Å². The fourth-order valence-corrected chi connectivity index (χ4v) is 3.00. The van der Waals surface area contributed by atoms with E-state index in [-0.39, 0.29) is 0 Å². The van der Waals surface area contributed by atoms with Gasteiger partial charge in [0.2, 0.25) is 0 Å². The smallest absolute Gasteiger partial charge is 0.172 e. The Kier molecular flexibility index (Phi) is 3.46. The van der Waals surface area contributed by atoms with Gasteiger partial charge in [-0.1, -0.05) is 12.1 Å². The zero-order valence-electron chi connectivity index (χ0n) is 11.3. The van der Waals surface area contributed by atoms with Gasteiger partial charge in [0, 0.05) is 11.8 Å². The van der Waals surface area contributed by atoms with Crippen LogP contribution in [-0.4, -0.2) is 20.1 Å². The fraction of sp³-hybridized carbons (Fsp3) is 0.200. The fourth-order valence-electron chi connectivity index (χ4n) is 2.05. The number of hydrogen-bond donors (Lipinski definition) is 2. The molecule has 3 rings (SSSR count). The summed E-state index contributed by atoms with van der Waals surface area (Å²) in [6, 6.07) is 9.82. The number of nitrogens with zero attached hydrogens (tertiary/aromatic N) is 2. The Balaban J connectivity index is 1.97. The van der Waals surface area contributed by atoms with Gasteiger partial charge in [-0.25, -0.2) is 9.97 Å². The molecule has 1 atom stereocenters. The van der Waals surface area contributed by atoms with Gasteiger partial charge >= 0.3 is 0 Å². The van der Waals surface area contributed by atoms with E-state index in [0.717, 1.165) is 26.8 Å². The molecule has 2 aromatic heterocycles. The van der Waals surface area contributed by atoms with E-state index in [1.807, 2.05) is 24.3 Å². The van der Waals surface area contributed by atoms with Gasteiger partial charge < -0.3 is 10.1 Å². The second-order valence-electron chi connectivity index (χ2n) is 4.74. The number of aliphatic hydroxyl groups excluding tert-OH is 1. The molecule has 0 aliphatic rings. The lowest BCUT2D eigenvalue weighted by atomic mass is 10.2. The van der Waals surface area contributed by atoms with Crippen molar-refractivity contribution < 1.29 is 5.11 Å². The minimum absolute atomic E-state index is 0.544. The van der Waals surface area contributed by atoms with Crippen LogP contribution in [0, 0.1) is 6.92 Å². The average Bonchev–Trinajstić information content (AvgIpc) is 2.80. The number of rotatable bonds is 3. The Hall–Kier alpha value is -1.85. The number of benzene rings is 1. The third-order valence-corrected chi connectivity index (χ3v) is 3.98. The SMILES string of the molecule is Cc1ccc2nc(Sc3ncccc3C(C)O)[nH]c2c1. The first-order chi connectivity index (χ1) is 9.63. The number of aliphatic hydroxyl groups is 1. The van der Waals surface area contributed by atoms with Crippen molar-refractivity contribution in [3.05, 3.63) is 47.7 Å². The molecule has 3 aromatic rings. The van der Waals surface area contributed by atoms with Crippen molar-refractivity contribution in [1.82, 2.24) is 15.0 Å². The second kappa shape index (κ2) is 5.26. The molecular weight excluding hydrogens is 270 g/mol. The van der Waals surface area contributed by atoms with Gasteiger partial charge in [0.1, 0.15) is 5.03 Å². The molecule has 0 aliphatic carbocycles. The highest BCUT2D eigenvalue weighted by Gasteiger charge is 2.12. The van der Waals surface area contributed by atoms with Gasteiger partial charge in [-0.2, -0.15) is 0 Å². The summed E-state index contributed by atoms with van der Waals surface area (Å²) < 4.78 is 0. The Bertz CT molecular complexity index is 752. The topological polar surface area (TPSA) is 61.8 Å². The highest BCUT2D eigenvalue weighted by Crippen LogP contribution is 2.31. The zero-order valence-corrected chi connectivity index (χ0v) is 12.1. The van der Waals surface area contributed by atoms with E-state index in [9.17, 15) is 5.11 Å². The van der Waals surface area contributed by atoms with Crippen molar-refractivity contribution in [3.8, 4) is 0 Å². The summed E-state index contributed by atoms with van der Waals surface area (Å²) >= 11 is 1.44. The molecule has 0 fully saturated rings. The van der Waals surface area contributed by atoms with E-state index in [4.69, 9.17) is 0 Å². The first-order valence-electron chi connectivity index (χ1n) is 6.40. The van der Waals surface area contributed by atoms with Gasteiger partial charge in [0.15, 0.2) is 5.16 Å². The standard InChI is InChI=1S/C15H15N3OS/c1-9-5-6-12-13(8-9)18-15(17-12)20-14-11(10(2)19)4-3-7-16-14/h3-8,10,19H,1-2H3,(H,17,18). The molecule has 5 heteroatoms. The number of hydrogen-bond acceptors (Lipinski definition) is 4. The molecule has 0 radical (unpaired) electrons. The normalized spacial score (nSPS) is 12.8. The monoisotopic (exact) mass is 285 g/mol. The average molecular weight is 285 g/mol. The van der Waals surface area contributed by atoms with Crippen molar-refractivity contribution >= 4 is 22.8 Å². The van der Waals surface area contributed by atoms with Crippen LogP contribution in [0.3, 0.4) is 0 Å². The van der Waals surface area contributed by atoms with Crippen molar-refractivity contribution in [2.24, 2.45) is 0 Å². The number of H-pyrrole nitrogens is 1. The largest absolute Gasteiger partial charge is 0.389 e. The predicted molar refractivity (Wildman–Crippen MR) is 79.8 cm³/mol. The van der Waals surface area contributed by atoms with Crippen LogP contribution < -0.4 is 0 Å². The molecule has 0 bridgehead atoms. The maximum absolute atomic E-state index is 9.77. The Morgan fingerprint density at radius 1 is 1.30 bits per heavy atom. The summed E-state index contributed by atoms with van der Waals surface area (Å²) in [6.07, 6.45) is 1.18. The summed E-state index contributed by atoms with van der Waals surface area (Å²) in [6.45, 7) is 3.79. The molecule has 0 saturated carbocycles. The lowest BCUT2D eigenvalue weighted by Gasteiger charge is -2.08. The van der Waals surface area contributed by atoms with Gasteiger partial charge in [-0.05, 0) is 49.4 Å². The second-order valence-corrected chi connectivity index (χ2v) is 5.72. The van der Waals surface area contributed by atoms with Crippen molar-refractivity contribution in [2.45, 2.75) is 30.1 Å². The minimum atomic E-state index is -0.544. The third-order valence-electron chi connectivity index (χ3n) is 3.06. The van der Waals surface area contributed by atoms with E-state index >= 15 is 0 Å². The van der Waals surface area contributed by atoms with E-state index < -0.39 is 6.10 Å². The molecule has 102 valence electrons. The van der Waals surface area contributed by atoms with E-state index in [2.05, 4.69) is 27.9 Å². The number of fused-ring (bicyclic) bond motifs is 1. The van der Waals surface area contributed by atoms with Crippen LogP contribution in [0.5, 0.6) is 0 Å². The quantitative estimate of drug-likeness (QED) is 0.773. The molecule has 0 aliphatic heterocycles. The molecule has 1 unspecified atom stereocenters. The Labute approximate surface area is 121 Å².